The number of esters is 1. The van der Waals surface area contributed by atoms with Crippen LogP contribution in [0.2, 0.25) is 0 Å². The third kappa shape index (κ3) is 3.48. The van der Waals surface area contributed by atoms with E-state index in [1.165, 1.54) is 31.7 Å². The molecule has 3 nitrogen and oxygen atoms in total. The van der Waals surface area contributed by atoms with Gasteiger partial charge in [-0.25, -0.2) is 0 Å². The minimum absolute atomic E-state index is 0.0155. The van der Waals surface area contributed by atoms with Crippen molar-refractivity contribution in [2.75, 3.05) is 0 Å². The molecular formula is C14H18O3. The van der Waals surface area contributed by atoms with Gasteiger partial charge in [0, 0.05) is 6.42 Å². The third-order valence-electron chi connectivity index (χ3n) is 3.32. The van der Waals surface area contributed by atoms with Crippen LogP contribution < -0.4 is 4.74 Å². The number of phenolic OH excluding ortho intramolecular Hbond substituents is 1. The van der Waals surface area contributed by atoms with Gasteiger partial charge in [0.1, 0.15) is 0 Å². The van der Waals surface area contributed by atoms with Crippen LogP contribution in [0.5, 0.6) is 11.5 Å². The van der Waals surface area contributed by atoms with E-state index in [0.29, 0.717) is 12.3 Å². The van der Waals surface area contributed by atoms with Crippen molar-refractivity contribution in [3.8, 4) is 11.5 Å². The van der Waals surface area contributed by atoms with Crippen LogP contribution in [0.3, 0.4) is 0 Å². The van der Waals surface area contributed by atoms with Crippen molar-refractivity contribution >= 4 is 5.97 Å². The molecule has 0 atom stereocenters. The van der Waals surface area contributed by atoms with E-state index in [1.54, 1.807) is 18.2 Å². The highest BCUT2D eigenvalue weighted by atomic mass is 16.5. The maximum atomic E-state index is 11.6. The Morgan fingerprint density at radius 2 is 2.00 bits per heavy atom. The highest BCUT2D eigenvalue weighted by molar-refractivity contribution is 5.73. The molecule has 0 radical (unpaired) electrons. The van der Waals surface area contributed by atoms with Crippen LogP contribution in [0.1, 0.15) is 38.5 Å². The van der Waals surface area contributed by atoms with E-state index in [0.717, 1.165) is 6.42 Å². The number of para-hydroxylation sites is 2. The van der Waals surface area contributed by atoms with Crippen molar-refractivity contribution in [3.05, 3.63) is 24.3 Å². The zero-order valence-electron chi connectivity index (χ0n) is 9.89. The predicted octanol–water partition coefficient (Wildman–Crippen LogP) is 3.27. The second-order valence-electron chi connectivity index (χ2n) is 4.63. The molecule has 1 aromatic rings. The number of benzene rings is 1. The number of ether oxygens (including phenoxy) is 1. The molecule has 3 heteroatoms. The van der Waals surface area contributed by atoms with Crippen molar-refractivity contribution in [2.45, 2.75) is 38.5 Å². The summed E-state index contributed by atoms with van der Waals surface area (Å²) in [7, 11) is 0. The molecule has 0 spiro atoms. The third-order valence-corrected chi connectivity index (χ3v) is 3.32. The van der Waals surface area contributed by atoms with Gasteiger partial charge in [-0.3, -0.25) is 4.79 Å². The maximum absolute atomic E-state index is 11.6. The maximum Gasteiger partial charge on any atom is 0.311 e. The van der Waals surface area contributed by atoms with E-state index in [4.69, 9.17) is 4.74 Å². The molecule has 0 aromatic heterocycles. The molecule has 0 bridgehead atoms. The lowest BCUT2D eigenvalue weighted by Gasteiger charge is -2.09. The first-order valence-corrected chi connectivity index (χ1v) is 6.24. The Morgan fingerprint density at radius 3 is 2.71 bits per heavy atom. The van der Waals surface area contributed by atoms with Gasteiger partial charge in [0.25, 0.3) is 0 Å². The van der Waals surface area contributed by atoms with Gasteiger partial charge in [-0.05, 0) is 24.5 Å². The molecule has 0 aliphatic heterocycles. The van der Waals surface area contributed by atoms with Gasteiger partial charge < -0.3 is 9.84 Å². The van der Waals surface area contributed by atoms with E-state index in [-0.39, 0.29) is 17.5 Å². The first-order valence-electron chi connectivity index (χ1n) is 6.24. The van der Waals surface area contributed by atoms with Crippen molar-refractivity contribution in [2.24, 2.45) is 5.92 Å². The summed E-state index contributed by atoms with van der Waals surface area (Å²) in [6, 6.07) is 6.55. The molecule has 0 amide bonds. The van der Waals surface area contributed by atoms with Gasteiger partial charge in [-0.15, -0.1) is 0 Å². The number of phenols is 1. The largest absolute Gasteiger partial charge is 0.504 e. The molecule has 0 heterocycles. The molecule has 1 fully saturated rings. The summed E-state index contributed by atoms with van der Waals surface area (Å²) in [5.41, 5.74) is 0. The summed E-state index contributed by atoms with van der Waals surface area (Å²) in [6.07, 6.45) is 6.41. The lowest BCUT2D eigenvalue weighted by atomic mass is 10.0. The molecule has 92 valence electrons. The predicted molar refractivity (Wildman–Crippen MR) is 64.9 cm³/mol. The van der Waals surface area contributed by atoms with E-state index in [1.807, 2.05) is 0 Å². The average molecular weight is 234 g/mol. The summed E-state index contributed by atoms with van der Waals surface area (Å²) in [5, 5.41) is 9.46. The van der Waals surface area contributed by atoms with E-state index >= 15 is 0 Å². The molecule has 1 saturated carbocycles. The fourth-order valence-electron chi connectivity index (χ4n) is 2.34. The number of carbonyl (C=O) groups is 1. The minimum Gasteiger partial charge on any atom is -0.504 e. The number of rotatable bonds is 4. The van der Waals surface area contributed by atoms with Crippen LogP contribution in [-0.4, -0.2) is 11.1 Å². The molecule has 1 aromatic carbocycles. The van der Waals surface area contributed by atoms with Crippen molar-refractivity contribution in [3.63, 3.8) is 0 Å². The summed E-state index contributed by atoms with van der Waals surface area (Å²) < 4.78 is 5.12. The van der Waals surface area contributed by atoms with Crippen LogP contribution >= 0.6 is 0 Å². The van der Waals surface area contributed by atoms with Gasteiger partial charge in [-0.2, -0.15) is 0 Å². The Bertz CT molecular complexity index is 381. The van der Waals surface area contributed by atoms with Crippen molar-refractivity contribution < 1.29 is 14.6 Å². The highest BCUT2D eigenvalue weighted by Gasteiger charge is 2.17. The Balaban J connectivity index is 1.79. The van der Waals surface area contributed by atoms with E-state index in [2.05, 4.69) is 0 Å². The van der Waals surface area contributed by atoms with E-state index in [9.17, 15) is 9.90 Å². The Morgan fingerprint density at radius 1 is 1.29 bits per heavy atom. The average Bonchev–Trinajstić information content (AvgIpc) is 2.82. The highest BCUT2D eigenvalue weighted by Crippen LogP contribution is 2.29. The SMILES string of the molecule is O=C(CCC1CCCC1)Oc1ccccc1O. The zero-order valence-corrected chi connectivity index (χ0v) is 9.89. The van der Waals surface area contributed by atoms with Gasteiger partial charge in [0.2, 0.25) is 0 Å². The van der Waals surface area contributed by atoms with Gasteiger partial charge in [-0.1, -0.05) is 37.8 Å². The smallest absolute Gasteiger partial charge is 0.311 e. The molecule has 0 saturated heterocycles. The first-order chi connectivity index (χ1) is 8.25. The van der Waals surface area contributed by atoms with Crippen molar-refractivity contribution in [1.29, 1.82) is 0 Å². The molecule has 1 N–H and O–H groups in total. The standard InChI is InChI=1S/C14H18O3/c15-12-7-3-4-8-13(12)17-14(16)10-9-11-5-1-2-6-11/h3-4,7-8,11,15H,1-2,5-6,9-10H2. The number of hydrogen-bond donors (Lipinski definition) is 1. The molecule has 1 aliphatic rings. The van der Waals surface area contributed by atoms with Crippen LogP contribution in [-0.2, 0) is 4.79 Å². The quantitative estimate of drug-likeness (QED) is 0.642. The van der Waals surface area contributed by atoms with Crippen LogP contribution in [0.4, 0.5) is 0 Å². The number of aromatic hydroxyl groups is 1. The fourth-order valence-corrected chi connectivity index (χ4v) is 2.34. The summed E-state index contributed by atoms with van der Waals surface area (Å²) in [4.78, 5) is 11.6. The van der Waals surface area contributed by atoms with Crippen LogP contribution in [0.15, 0.2) is 24.3 Å². The van der Waals surface area contributed by atoms with Gasteiger partial charge >= 0.3 is 5.97 Å². The summed E-state index contributed by atoms with van der Waals surface area (Å²) >= 11 is 0. The normalized spacial score (nSPS) is 16.0. The topological polar surface area (TPSA) is 46.5 Å². The zero-order chi connectivity index (χ0) is 12.1. The second kappa shape index (κ2) is 5.71. The molecular weight excluding hydrogens is 216 g/mol. The summed E-state index contributed by atoms with van der Waals surface area (Å²) in [6.45, 7) is 0. The Kier molecular flexibility index (Phi) is 4.02. The lowest BCUT2D eigenvalue weighted by molar-refractivity contribution is -0.134. The van der Waals surface area contributed by atoms with Crippen LogP contribution in [0, 0.1) is 5.92 Å². The number of carbonyl (C=O) groups excluding carboxylic acids is 1. The summed E-state index contributed by atoms with van der Waals surface area (Å²) in [5.74, 6) is 0.705. The second-order valence-corrected chi connectivity index (χ2v) is 4.63. The minimum atomic E-state index is -0.251. The monoisotopic (exact) mass is 234 g/mol. The molecule has 17 heavy (non-hydrogen) atoms. The lowest BCUT2D eigenvalue weighted by Crippen LogP contribution is -2.09. The van der Waals surface area contributed by atoms with E-state index < -0.39 is 0 Å². The van der Waals surface area contributed by atoms with Crippen molar-refractivity contribution in [1.82, 2.24) is 0 Å². The Hall–Kier alpha value is -1.51. The van der Waals surface area contributed by atoms with Gasteiger partial charge in [0.05, 0.1) is 0 Å². The molecule has 2 rings (SSSR count). The first kappa shape index (κ1) is 12.0. The molecule has 1 aliphatic carbocycles. The molecule has 0 unspecified atom stereocenters. The van der Waals surface area contributed by atoms with Crippen LogP contribution in [0.25, 0.3) is 0 Å². The Labute approximate surface area is 101 Å². The van der Waals surface area contributed by atoms with Gasteiger partial charge in [0.15, 0.2) is 11.5 Å². The number of hydrogen-bond acceptors (Lipinski definition) is 3. The fraction of sp³-hybridized carbons (Fsp3) is 0.500.